The van der Waals surface area contributed by atoms with Crippen LogP contribution in [0.25, 0.3) is 0 Å². The lowest BCUT2D eigenvalue weighted by Crippen LogP contribution is -2.17. The Labute approximate surface area is 135 Å². The van der Waals surface area contributed by atoms with Gasteiger partial charge in [-0.25, -0.2) is 0 Å². The van der Waals surface area contributed by atoms with Gasteiger partial charge >= 0.3 is 5.97 Å². The largest absolute Gasteiger partial charge is 0.468 e. The van der Waals surface area contributed by atoms with Gasteiger partial charge in [-0.05, 0) is 42.5 Å². The highest BCUT2D eigenvalue weighted by atomic mass is 35.5. The predicted molar refractivity (Wildman–Crippen MR) is 89.7 cm³/mol. The molecule has 21 heavy (non-hydrogen) atoms. The predicted octanol–water partition coefficient (Wildman–Crippen LogP) is 4.45. The van der Waals surface area contributed by atoms with Crippen LogP contribution in [0.5, 0.6) is 0 Å². The van der Waals surface area contributed by atoms with Gasteiger partial charge in [-0.3, -0.25) is 4.79 Å². The van der Waals surface area contributed by atoms with Crippen molar-refractivity contribution in [1.82, 2.24) is 0 Å². The van der Waals surface area contributed by atoms with E-state index in [2.05, 4.69) is 0 Å². The van der Waals surface area contributed by atoms with E-state index in [4.69, 9.17) is 22.1 Å². The minimum atomic E-state index is -0.193. The second kappa shape index (κ2) is 7.95. The number of anilines is 1. The molecule has 0 bridgehead atoms. The number of hydrogen-bond donors (Lipinski definition) is 1. The van der Waals surface area contributed by atoms with Crippen LogP contribution in [0.1, 0.15) is 42.9 Å². The zero-order valence-electron chi connectivity index (χ0n) is 12.3. The van der Waals surface area contributed by atoms with Crippen molar-refractivity contribution in [3.05, 3.63) is 28.8 Å². The Kier molecular flexibility index (Phi) is 6.24. The molecular formula is C16H22ClNO2S. The average molecular weight is 328 g/mol. The number of carbonyl (C=O) groups excluding carboxylic acids is 1. The lowest BCUT2D eigenvalue weighted by Gasteiger charge is -2.31. The van der Waals surface area contributed by atoms with Crippen molar-refractivity contribution in [3.63, 3.8) is 0 Å². The first-order valence-corrected chi connectivity index (χ1v) is 8.78. The van der Waals surface area contributed by atoms with Gasteiger partial charge in [-0.2, -0.15) is 0 Å². The minimum Gasteiger partial charge on any atom is -0.468 e. The van der Waals surface area contributed by atoms with Crippen molar-refractivity contribution in [2.75, 3.05) is 18.6 Å². The standard InChI is InChI=1S/C16H22ClNO2S/c1-20-15(19)10-21-16(11-5-3-2-4-6-11)13-9-12(17)7-8-14(13)18/h7-9,11,16H,2-6,10,18H2,1H3. The van der Waals surface area contributed by atoms with Crippen LogP contribution in [-0.4, -0.2) is 18.8 Å². The van der Waals surface area contributed by atoms with Crippen LogP contribution in [0.15, 0.2) is 18.2 Å². The van der Waals surface area contributed by atoms with Gasteiger partial charge < -0.3 is 10.5 Å². The fraction of sp³-hybridized carbons (Fsp3) is 0.562. The van der Waals surface area contributed by atoms with Crippen molar-refractivity contribution in [1.29, 1.82) is 0 Å². The molecule has 0 heterocycles. The maximum absolute atomic E-state index is 11.5. The smallest absolute Gasteiger partial charge is 0.315 e. The Balaban J connectivity index is 2.21. The van der Waals surface area contributed by atoms with Crippen molar-refractivity contribution < 1.29 is 9.53 Å². The van der Waals surface area contributed by atoms with E-state index >= 15 is 0 Å². The number of rotatable bonds is 5. The Morgan fingerprint density at radius 3 is 2.81 bits per heavy atom. The summed E-state index contributed by atoms with van der Waals surface area (Å²) in [7, 11) is 1.42. The van der Waals surface area contributed by atoms with Gasteiger partial charge in [0.25, 0.3) is 0 Å². The maximum Gasteiger partial charge on any atom is 0.315 e. The van der Waals surface area contributed by atoms with Crippen LogP contribution in [0, 0.1) is 5.92 Å². The zero-order chi connectivity index (χ0) is 15.2. The number of nitrogen functional groups attached to an aromatic ring is 1. The van der Waals surface area contributed by atoms with E-state index in [1.807, 2.05) is 18.2 Å². The van der Waals surface area contributed by atoms with E-state index in [0.717, 1.165) is 11.3 Å². The Morgan fingerprint density at radius 1 is 1.43 bits per heavy atom. The van der Waals surface area contributed by atoms with E-state index in [-0.39, 0.29) is 11.2 Å². The molecule has 1 atom stereocenters. The molecule has 0 amide bonds. The number of benzene rings is 1. The Bertz CT molecular complexity index is 489. The molecular weight excluding hydrogens is 306 g/mol. The molecule has 1 saturated carbocycles. The van der Waals surface area contributed by atoms with E-state index in [1.165, 1.54) is 39.2 Å². The molecule has 1 aliphatic carbocycles. The van der Waals surface area contributed by atoms with E-state index < -0.39 is 0 Å². The highest BCUT2D eigenvalue weighted by Gasteiger charge is 2.28. The number of esters is 1. The molecule has 2 rings (SSSR count). The van der Waals surface area contributed by atoms with Crippen LogP contribution in [0.3, 0.4) is 0 Å². The number of methoxy groups -OCH3 is 1. The maximum atomic E-state index is 11.5. The monoisotopic (exact) mass is 327 g/mol. The van der Waals surface area contributed by atoms with Gasteiger partial charge in [-0.1, -0.05) is 30.9 Å². The summed E-state index contributed by atoms with van der Waals surface area (Å²) in [5.41, 5.74) is 7.96. The third kappa shape index (κ3) is 4.55. The summed E-state index contributed by atoms with van der Waals surface area (Å²) < 4.78 is 4.76. The van der Waals surface area contributed by atoms with Crippen LogP contribution in [0.4, 0.5) is 5.69 Å². The second-order valence-electron chi connectivity index (χ2n) is 5.48. The van der Waals surface area contributed by atoms with Crippen LogP contribution in [0.2, 0.25) is 5.02 Å². The fourth-order valence-electron chi connectivity index (χ4n) is 2.93. The number of hydrogen-bond acceptors (Lipinski definition) is 4. The van der Waals surface area contributed by atoms with Gasteiger partial charge in [0.15, 0.2) is 0 Å². The first kappa shape index (κ1) is 16.5. The molecule has 0 aromatic heterocycles. The minimum absolute atomic E-state index is 0.193. The number of thioether (sulfide) groups is 1. The highest BCUT2D eigenvalue weighted by Crippen LogP contribution is 2.45. The quantitative estimate of drug-likeness (QED) is 0.641. The molecule has 2 N–H and O–H groups in total. The molecule has 1 fully saturated rings. The summed E-state index contributed by atoms with van der Waals surface area (Å²) in [5, 5.41) is 0.904. The van der Waals surface area contributed by atoms with Crippen molar-refractivity contribution >= 4 is 35.0 Å². The van der Waals surface area contributed by atoms with Gasteiger partial charge in [0, 0.05) is 16.0 Å². The SMILES string of the molecule is COC(=O)CSC(c1cc(Cl)ccc1N)C1CCCCC1. The average Bonchev–Trinajstić information content (AvgIpc) is 2.51. The first-order chi connectivity index (χ1) is 10.1. The molecule has 0 radical (unpaired) electrons. The Hall–Kier alpha value is -0.870. The molecule has 116 valence electrons. The number of carbonyl (C=O) groups is 1. The molecule has 1 unspecified atom stereocenters. The van der Waals surface area contributed by atoms with Crippen LogP contribution < -0.4 is 5.73 Å². The third-order valence-corrected chi connectivity index (χ3v) is 5.68. The molecule has 5 heteroatoms. The lowest BCUT2D eigenvalue weighted by molar-refractivity contribution is -0.137. The van der Waals surface area contributed by atoms with Gasteiger partial charge in [-0.15, -0.1) is 11.8 Å². The topological polar surface area (TPSA) is 52.3 Å². The van der Waals surface area contributed by atoms with Crippen molar-refractivity contribution in [3.8, 4) is 0 Å². The molecule has 0 saturated heterocycles. The normalized spacial score (nSPS) is 17.4. The summed E-state index contributed by atoms with van der Waals surface area (Å²) in [6.45, 7) is 0. The Morgan fingerprint density at radius 2 is 2.14 bits per heavy atom. The first-order valence-electron chi connectivity index (χ1n) is 7.35. The lowest BCUT2D eigenvalue weighted by atomic mass is 9.84. The second-order valence-corrected chi connectivity index (χ2v) is 7.05. The number of nitrogens with two attached hydrogens (primary N) is 1. The zero-order valence-corrected chi connectivity index (χ0v) is 13.9. The number of ether oxygens (including phenoxy) is 1. The molecule has 3 nitrogen and oxygen atoms in total. The van der Waals surface area contributed by atoms with Crippen molar-refractivity contribution in [2.45, 2.75) is 37.4 Å². The van der Waals surface area contributed by atoms with E-state index in [1.54, 1.807) is 11.8 Å². The molecule has 1 aromatic carbocycles. The van der Waals surface area contributed by atoms with E-state index in [0.29, 0.717) is 16.7 Å². The number of halogens is 1. The van der Waals surface area contributed by atoms with Crippen LogP contribution >= 0.6 is 23.4 Å². The highest BCUT2D eigenvalue weighted by molar-refractivity contribution is 8.00. The van der Waals surface area contributed by atoms with Crippen molar-refractivity contribution in [2.24, 2.45) is 5.92 Å². The summed E-state index contributed by atoms with van der Waals surface area (Å²) in [6, 6.07) is 5.61. The molecule has 0 aliphatic heterocycles. The van der Waals surface area contributed by atoms with Crippen LogP contribution in [-0.2, 0) is 9.53 Å². The van der Waals surface area contributed by atoms with E-state index in [9.17, 15) is 4.79 Å². The molecule has 1 aliphatic rings. The molecule has 0 spiro atoms. The molecule has 1 aromatic rings. The van der Waals surface area contributed by atoms with Gasteiger partial charge in [0.1, 0.15) is 0 Å². The van der Waals surface area contributed by atoms with Gasteiger partial charge in [0.2, 0.25) is 0 Å². The summed E-state index contributed by atoms with van der Waals surface area (Å²) in [5.74, 6) is 0.708. The third-order valence-electron chi connectivity index (χ3n) is 4.04. The summed E-state index contributed by atoms with van der Waals surface area (Å²) >= 11 is 7.76. The summed E-state index contributed by atoms with van der Waals surface area (Å²) in [4.78, 5) is 11.5. The fourth-order valence-corrected chi connectivity index (χ4v) is 4.47. The van der Waals surface area contributed by atoms with Gasteiger partial charge in [0.05, 0.1) is 12.9 Å². The summed E-state index contributed by atoms with van der Waals surface area (Å²) in [6.07, 6.45) is 6.17.